The van der Waals surface area contributed by atoms with Crippen LogP contribution < -0.4 is 0 Å². The van der Waals surface area contributed by atoms with Gasteiger partial charge < -0.3 is 4.74 Å². The first-order valence-corrected chi connectivity index (χ1v) is 12.6. The Balaban J connectivity index is 1.35. The van der Waals surface area contributed by atoms with Crippen molar-refractivity contribution in [3.63, 3.8) is 0 Å². The lowest BCUT2D eigenvalue weighted by molar-refractivity contribution is -0.384. The Morgan fingerprint density at radius 1 is 1.22 bits per heavy atom. The van der Waals surface area contributed by atoms with Crippen molar-refractivity contribution in [3.05, 3.63) is 39.9 Å². The fraction of sp³-hybridized carbons (Fsp3) is 0.741. The number of nitro benzene ring substituents is 1. The van der Waals surface area contributed by atoms with Gasteiger partial charge in [0.05, 0.1) is 10.3 Å². The molecule has 4 bridgehead atoms. The van der Waals surface area contributed by atoms with Gasteiger partial charge in [-0.05, 0) is 100 Å². The number of hydrogen-bond donors (Lipinski definition) is 0. The predicted molar refractivity (Wildman–Crippen MR) is 125 cm³/mol. The molecule has 0 N–H and O–H groups in total. The molecule has 4 aliphatic carbocycles. The van der Waals surface area contributed by atoms with E-state index < -0.39 is 5.41 Å². The standard InChI is InChI=1S/C27H39NO4/c1-5-26(3,11-7-8-18(2)21-9-6-10-24(17-21)28(30)31)25(29)32-27(4)22-13-19-12-20(15-22)16-23(27)14-19/h6,9-10,17-20,22-23H,5,7-8,11-16H2,1-4H3. The van der Waals surface area contributed by atoms with Crippen LogP contribution in [0.3, 0.4) is 0 Å². The first kappa shape index (κ1) is 23.3. The predicted octanol–water partition coefficient (Wildman–Crippen LogP) is 7.04. The highest BCUT2D eigenvalue weighted by Crippen LogP contribution is 2.59. The molecule has 0 saturated heterocycles. The normalized spacial score (nSPS) is 33.5. The first-order valence-electron chi connectivity index (χ1n) is 12.6. The molecule has 1 aromatic carbocycles. The zero-order valence-electron chi connectivity index (χ0n) is 20.1. The van der Waals surface area contributed by atoms with Crippen molar-refractivity contribution in [3.8, 4) is 0 Å². The molecule has 0 aliphatic heterocycles. The molecule has 2 atom stereocenters. The maximum absolute atomic E-state index is 13.5. The number of nitro groups is 1. The number of nitrogens with zero attached hydrogens (tertiary/aromatic N) is 1. The minimum Gasteiger partial charge on any atom is -0.458 e. The Labute approximate surface area is 192 Å². The molecule has 4 fully saturated rings. The van der Waals surface area contributed by atoms with Crippen molar-refractivity contribution >= 4 is 11.7 Å². The van der Waals surface area contributed by atoms with Gasteiger partial charge in [0.1, 0.15) is 5.60 Å². The Bertz CT molecular complexity index is 837. The monoisotopic (exact) mass is 441 g/mol. The maximum atomic E-state index is 13.5. The van der Waals surface area contributed by atoms with Crippen LogP contribution >= 0.6 is 0 Å². The lowest BCUT2D eigenvalue weighted by atomic mass is 9.50. The van der Waals surface area contributed by atoms with Crippen molar-refractivity contribution in [2.24, 2.45) is 29.1 Å². The largest absolute Gasteiger partial charge is 0.458 e. The second kappa shape index (κ2) is 8.79. The lowest BCUT2D eigenvalue weighted by Gasteiger charge is -2.59. The molecule has 0 radical (unpaired) electrons. The minimum atomic E-state index is -0.472. The van der Waals surface area contributed by atoms with E-state index in [1.165, 1.54) is 38.2 Å². The van der Waals surface area contributed by atoms with E-state index in [1.807, 2.05) is 6.07 Å². The van der Waals surface area contributed by atoms with E-state index in [0.29, 0.717) is 11.8 Å². The van der Waals surface area contributed by atoms with Crippen molar-refractivity contribution in [1.29, 1.82) is 0 Å². The van der Waals surface area contributed by atoms with Crippen LogP contribution in [0, 0.1) is 39.2 Å². The van der Waals surface area contributed by atoms with E-state index in [-0.39, 0.29) is 28.1 Å². The number of hydrogen-bond acceptors (Lipinski definition) is 4. The van der Waals surface area contributed by atoms with Gasteiger partial charge in [-0.1, -0.05) is 32.4 Å². The summed E-state index contributed by atoms with van der Waals surface area (Å²) in [7, 11) is 0. The number of benzene rings is 1. The van der Waals surface area contributed by atoms with Gasteiger partial charge in [-0.2, -0.15) is 0 Å². The minimum absolute atomic E-state index is 0.0158. The molecular formula is C27H39NO4. The zero-order chi connectivity index (χ0) is 23.1. The number of rotatable bonds is 9. The summed E-state index contributed by atoms with van der Waals surface area (Å²) in [5.74, 6) is 3.00. The van der Waals surface area contributed by atoms with Crippen molar-refractivity contribution < 1.29 is 14.5 Å². The highest BCUT2D eigenvalue weighted by atomic mass is 16.6. The van der Waals surface area contributed by atoms with E-state index in [4.69, 9.17) is 4.74 Å². The molecule has 5 heteroatoms. The van der Waals surface area contributed by atoms with Crippen LogP contribution in [0.1, 0.15) is 97.0 Å². The van der Waals surface area contributed by atoms with E-state index in [1.54, 1.807) is 12.1 Å². The number of esters is 1. The number of carbonyl (C=O) groups excluding carboxylic acids is 1. The highest BCUT2D eigenvalue weighted by Gasteiger charge is 2.57. The van der Waals surface area contributed by atoms with Crippen LogP contribution in [0.15, 0.2) is 24.3 Å². The molecule has 0 amide bonds. The Hall–Kier alpha value is -1.91. The van der Waals surface area contributed by atoms with Gasteiger partial charge in [-0.25, -0.2) is 0 Å². The number of ether oxygens (including phenoxy) is 1. The lowest BCUT2D eigenvalue weighted by Crippen LogP contribution is -2.58. The summed E-state index contributed by atoms with van der Waals surface area (Å²) in [6, 6.07) is 6.91. The molecule has 5 nitrogen and oxygen atoms in total. The molecule has 0 heterocycles. The third-order valence-electron chi connectivity index (χ3n) is 9.36. The topological polar surface area (TPSA) is 69.4 Å². The Morgan fingerprint density at radius 2 is 1.84 bits per heavy atom. The van der Waals surface area contributed by atoms with E-state index in [2.05, 4.69) is 27.7 Å². The van der Waals surface area contributed by atoms with Gasteiger partial charge in [0, 0.05) is 12.1 Å². The fourth-order valence-corrected chi connectivity index (χ4v) is 6.94. The molecule has 5 rings (SSSR count). The van der Waals surface area contributed by atoms with E-state index in [0.717, 1.165) is 43.1 Å². The van der Waals surface area contributed by atoms with Crippen LogP contribution in [0.4, 0.5) is 5.69 Å². The van der Waals surface area contributed by atoms with Crippen LogP contribution in [-0.4, -0.2) is 16.5 Å². The third kappa shape index (κ3) is 4.32. The fourth-order valence-electron chi connectivity index (χ4n) is 6.94. The molecule has 1 aromatic rings. The Morgan fingerprint density at radius 3 is 2.41 bits per heavy atom. The summed E-state index contributed by atoms with van der Waals surface area (Å²) in [6.45, 7) is 8.48. The molecule has 4 aliphatic rings. The molecule has 2 unspecified atom stereocenters. The van der Waals surface area contributed by atoms with Gasteiger partial charge in [0.25, 0.3) is 5.69 Å². The summed E-state index contributed by atoms with van der Waals surface area (Å²) in [5.41, 5.74) is 0.374. The SMILES string of the molecule is CCC(C)(CCCC(C)c1cccc([N+](=O)[O-])c1)C(=O)OC1(C)C2CC3CC(C2)CC1C3. The summed E-state index contributed by atoms with van der Waals surface area (Å²) < 4.78 is 6.44. The van der Waals surface area contributed by atoms with Gasteiger partial charge in [0.15, 0.2) is 0 Å². The van der Waals surface area contributed by atoms with E-state index >= 15 is 0 Å². The summed E-state index contributed by atoms with van der Waals surface area (Å²) in [4.78, 5) is 24.2. The van der Waals surface area contributed by atoms with Crippen LogP contribution in [-0.2, 0) is 9.53 Å². The van der Waals surface area contributed by atoms with Crippen molar-refractivity contribution in [2.75, 3.05) is 0 Å². The first-order chi connectivity index (χ1) is 15.1. The van der Waals surface area contributed by atoms with Crippen LogP contribution in [0.2, 0.25) is 0 Å². The molecule has 0 spiro atoms. The van der Waals surface area contributed by atoms with Gasteiger partial charge in [-0.15, -0.1) is 0 Å². The summed E-state index contributed by atoms with van der Waals surface area (Å²) in [6.07, 6.45) is 9.70. The molecule has 176 valence electrons. The van der Waals surface area contributed by atoms with Gasteiger partial charge in [-0.3, -0.25) is 14.9 Å². The Kier molecular flexibility index (Phi) is 6.39. The highest BCUT2D eigenvalue weighted by molar-refractivity contribution is 5.76. The zero-order valence-corrected chi connectivity index (χ0v) is 20.1. The smallest absolute Gasteiger partial charge is 0.312 e. The molecular weight excluding hydrogens is 402 g/mol. The summed E-state index contributed by atoms with van der Waals surface area (Å²) >= 11 is 0. The number of carbonyl (C=O) groups is 1. The summed E-state index contributed by atoms with van der Waals surface area (Å²) in [5, 5.41) is 11.1. The van der Waals surface area contributed by atoms with E-state index in [9.17, 15) is 14.9 Å². The quantitative estimate of drug-likeness (QED) is 0.234. The third-order valence-corrected chi connectivity index (χ3v) is 9.36. The second-order valence-electron chi connectivity index (χ2n) is 11.4. The van der Waals surface area contributed by atoms with Gasteiger partial charge >= 0.3 is 5.97 Å². The van der Waals surface area contributed by atoms with Crippen molar-refractivity contribution in [1.82, 2.24) is 0 Å². The van der Waals surface area contributed by atoms with Crippen LogP contribution in [0.5, 0.6) is 0 Å². The molecule has 4 saturated carbocycles. The van der Waals surface area contributed by atoms with Crippen molar-refractivity contribution in [2.45, 2.75) is 97.0 Å². The molecule has 32 heavy (non-hydrogen) atoms. The average molecular weight is 442 g/mol. The number of non-ortho nitro benzene ring substituents is 1. The van der Waals surface area contributed by atoms with Crippen LogP contribution in [0.25, 0.3) is 0 Å². The maximum Gasteiger partial charge on any atom is 0.312 e. The molecule has 0 aromatic heterocycles. The van der Waals surface area contributed by atoms with Gasteiger partial charge in [0.2, 0.25) is 0 Å². The second-order valence-corrected chi connectivity index (χ2v) is 11.4. The average Bonchev–Trinajstić information content (AvgIpc) is 2.76.